The quantitative estimate of drug-likeness (QED) is 0.776. The molecule has 5 heteroatoms. The van der Waals surface area contributed by atoms with Gasteiger partial charge in [0, 0.05) is 32.6 Å². The standard InChI is InChI=1S/C21H33N3O2/c1-4-20(25)24-13-9-12-19(16-24)21(26)22-14-17-10-7-8-11-18(17)15-23(5-2)6-3/h7-8,10-11,19H,4-6,9,12-16H2,1-3H3,(H,22,26). The smallest absolute Gasteiger partial charge is 0.225 e. The van der Waals surface area contributed by atoms with E-state index in [9.17, 15) is 9.59 Å². The molecule has 144 valence electrons. The molecule has 1 heterocycles. The number of carbonyl (C=O) groups is 2. The number of hydrogen-bond acceptors (Lipinski definition) is 3. The van der Waals surface area contributed by atoms with Crippen LogP contribution in [0.2, 0.25) is 0 Å². The van der Waals surface area contributed by atoms with Gasteiger partial charge in [-0.15, -0.1) is 0 Å². The van der Waals surface area contributed by atoms with Gasteiger partial charge in [-0.1, -0.05) is 45.0 Å². The molecule has 0 bridgehead atoms. The molecule has 1 aliphatic rings. The van der Waals surface area contributed by atoms with E-state index in [0.717, 1.165) is 39.0 Å². The lowest BCUT2D eigenvalue weighted by atomic mass is 9.96. The number of nitrogens with one attached hydrogen (secondary N) is 1. The Hall–Kier alpha value is -1.88. The summed E-state index contributed by atoms with van der Waals surface area (Å²) in [5.74, 6) is 0.123. The van der Waals surface area contributed by atoms with Crippen LogP contribution in [0.15, 0.2) is 24.3 Å². The van der Waals surface area contributed by atoms with Gasteiger partial charge in [0.1, 0.15) is 0 Å². The van der Waals surface area contributed by atoms with Crippen molar-refractivity contribution in [2.75, 3.05) is 26.2 Å². The molecule has 0 saturated carbocycles. The van der Waals surface area contributed by atoms with Gasteiger partial charge >= 0.3 is 0 Å². The SMILES string of the molecule is CCC(=O)N1CCCC(C(=O)NCc2ccccc2CN(CC)CC)C1. The fraction of sp³-hybridized carbons (Fsp3) is 0.619. The number of amides is 2. The molecule has 1 saturated heterocycles. The van der Waals surface area contributed by atoms with Crippen LogP contribution in [-0.4, -0.2) is 47.8 Å². The maximum Gasteiger partial charge on any atom is 0.225 e. The summed E-state index contributed by atoms with van der Waals surface area (Å²) in [4.78, 5) is 28.7. The van der Waals surface area contributed by atoms with E-state index in [0.29, 0.717) is 19.5 Å². The molecule has 0 aromatic heterocycles. The Labute approximate surface area is 157 Å². The zero-order chi connectivity index (χ0) is 18.9. The van der Waals surface area contributed by atoms with Gasteiger partial charge in [-0.25, -0.2) is 0 Å². The van der Waals surface area contributed by atoms with Gasteiger partial charge in [-0.3, -0.25) is 14.5 Å². The molecule has 1 aliphatic heterocycles. The average Bonchev–Trinajstić information content (AvgIpc) is 2.70. The van der Waals surface area contributed by atoms with Gasteiger partial charge < -0.3 is 10.2 Å². The molecular formula is C21H33N3O2. The predicted octanol–water partition coefficient (Wildman–Crippen LogP) is 2.79. The van der Waals surface area contributed by atoms with Gasteiger partial charge in [0.2, 0.25) is 11.8 Å². The number of piperidine rings is 1. The van der Waals surface area contributed by atoms with E-state index >= 15 is 0 Å². The number of hydrogen-bond donors (Lipinski definition) is 1. The minimum atomic E-state index is -0.0887. The second kappa shape index (κ2) is 10.3. The van der Waals surface area contributed by atoms with Crippen LogP contribution in [0.1, 0.15) is 51.2 Å². The molecule has 0 aliphatic carbocycles. The van der Waals surface area contributed by atoms with E-state index < -0.39 is 0 Å². The van der Waals surface area contributed by atoms with Crippen LogP contribution >= 0.6 is 0 Å². The third kappa shape index (κ3) is 5.56. The molecule has 0 spiro atoms. The maximum absolute atomic E-state index is 12.6. The number of rotatable bonds is 8. The van der Waals surface area contributed by atoms with Crippen molar-refractivity contribution in [2.45, 2.75) is 53.1 Å². The Morgan fingerprint density at radius 3 is 2.50 bits per heavy atom. The molecule has 1 atom stereocenters. The fourth-order valence-corrected chi connectivity index (χ4v) is 3.54. The van der Waals surface area contributed by atoms with Crippen LogP contribution in [0.5, 0.6) is 0 Å². The second-order valence-corrected chi connectivity index (χ2v) is 6.98. The molecule has 1 aromatic rings. The van der Waals surface area contributed by atoms with Crippen molar-refractivity contribution in [3.8, 4) is 0 Å². The molecule has 1 unspecified atom stereocenters. The highest BCUT2D eigenvalue weighted by Gasteiger charge is 2.27. The minimum Gasteiger partial charge on any atom is -0.352 e. The maximum atomic E-state index is 12.6. The van der Waals surface area contributed by atoms with Crippen molar-refractivity contribution < 1.29 is 9.59 Å². The van der Waals surface area contributed by atoms with E-state index in [-0.39, 0.29) is 17.7 Å². The Morgan fingerprint density at radius 2 is 1.85 bits per heavy atom. The lowest BCUT2D eigenvalue weighted by molar-refractivity contribution is -0.135. The van der Waals surface area contributed by atoms with Gasteiger partial charge in [0.15, 0.2) is 0 Å². The van der Waals surface area contributed by atoms with Crippen LogP contribution in [0, 0.1) is 5.92 Å². The molecule has 0 radical (unpaired) electrons. The van der Waals surface area contributed by atoms with Crippen molar-refractivity contribution in [1.82, 2.24) is 15.1 Å². The van der Waals surface area contributed by atoms with Gasteiger partial charge in [0.05, 0.1) is 5.92 Å². The van der Waals surface area contributed by atoms with E-state index in [1.165, 1.54) is 11.1 Å². The first kappa shape index (κ1) is 20.4. The zero-order valence-electron chi connectivity index (χ0n) is 16.5. The Balaban J connectivity index is 1.94. The topological polar surface area (TPSA) is 52.7 Å². The van der Waals surface area contributed by atoms with Crippen molar-refractivity contribution in [1.29, 1.82) is 0 Å². The van der Waals surface area contributed by atoms with E-state index in [1.807, 2.05) is 17.9 Å². The summed E-state index contributed by atoms with van der Waals surface area (Å²) < 4.78 is 0. The van der Waals surface area contributed by atoms with Crippen molar-refractivity contribution in [3.05, 3.63) is 35.4 Å². The van der Waals surface area contributed by atoms with Crippen LogP contribution in [-0.2, 0) is 22.7 Å². The summed E-state index contributed by atoms with van der Waals surface area (Å²) in [5.41, 5.74) is 2.44. The zero-order valence-corrected chi connectivity index (χ0v) is 16.5. The number of nitrogens with zero attached hydrogens (tertiary/aromatic N) is 2. The third-order valence-corrected chi connectivity index (χ3v) is 5.31. The fourth-order valence-electron chi connectivity index (χ4n) is 3.54. The first-order chi connectivity index (χ1) is 12.6. The van der Waals surface area contributed by atoms with Crippen LogP contribution < -0.4 is 5.32 Å². The molecule has 1 fully saturated rings. The van der Waals surface area contributed by atoms with E-state index in [2.05, 4.69) is 42.3 Å². The van der Waals surface area contributed by atoms with Gasteiger partial charge in [-0.2, -0.15) is 0 Å². The molecule has 5 nitrogen and oxygen atoms in total. The highest BCUT2D eigenvalue weighted by atomic mass is 16.2. The predicted molar refractivity (Wildman–Crippen MR) is 105 cm³/mol. The van der Waals surface area contributed by atoms with Crippen LogP contribution in [0.25, 0.3) is 0 Å². The largest absolute Gasteiger partial charge is 0.352 e. The summed E-state index contributed by atoms with van der Waals surface area (Å²) in [7, 11) is 0. The Kier molecular flexibility index (Phi) is 8.10. The first-order valence-electron chi connectivity index (χ1n) is 9.93. The lowest BCUT2D eigenvalue weighted by Crippen LogP contribution is -2.45. The summed E-state index contributed by atoms with van der Waals surface area (Å²) in [6, 6.07) is 8.31. The lowest BCUT2D eigenvalue weighted by Gasteiger charge is -2.32. The molecule has 1 N–H and O–H groups in total. The Bertz CT molecular complexity index is 599. The van der Waals surface area contributed by atoms with Crippen molar-refractivity contribution in [2.24, 2.45) is 5.92 Å². The Morgan fingerprint density at radius 1 is 1.15 bits per heavy atom. The van der Waals surface area contributed by atoms with E-state index in [1.54, 1.807) is 0 Å². The number of likely N-dealkylation sites (tertiary alicyclic amines) is 1. The summed E-state index contributed by atoms with van der Waals surface area (Å²) in [6.07, 6.45) is 2.27. The molecular weight excluding hydrogens is 326 g/mol. The molecule has 26 heavy (non-hydrogen) atoms. The van der Waals surface area contributed by atoms with Crippen molar-refractivity contribution >= 4 is 11.8 Å². The molecule has 2 rings (SSSR count). The summed E-state index contributed by atoms with van der Waals surface area (Å²) in [5, 5.41) is 3.10. The average molecular weight is 360 g/mol. The molecule has 1 aromatic carbocycles. The highest BCUT2D eigenvalue weighted by Crippen LogP contribution is 2.18. The second-order valence-electron chi connectivity index (χ2n) is 6.98. The van der Waals surface area contributed by atoms with Crippen LogP contribution in [0.4, 0.5) is 0 Å². The van der Waals surface area contributed by atoms with Crippen LogP contribution in [0.3, 0.4) is 0 Å². The first-order valence-corrected chi connectivity index (χ1v) is 9.93. The van der Waals surface area contributed by atoms with E-state index in [4.69, 9.17) is 0 Å². The third-order valence-electron chi connectivity index (χ3n) is 5.31. The number of benzene rings is 1. The minimum absolute atomic E-state index is 0.0660. The van der Waals surface area contributed by atoms with Gasteiger partial charge in [-0.05, 0) is 37.1 Å². The van der Waals surface area contributed by atoms with Gasteiger partial charge in [0.25, 0.3) is 0 Å². The monoisotopic (exact) mass is 359 g/mol. The highest BCUT2D eigenvalue weighted by molar-refractivity contribution is 5.81. The summed E-state index contributed by atoms with van der Waals surface area (Å²) >= 11 is 0. The molecule has 2 amide bonds. The van der Waals surface area contributed by atoms with Crippen molar-refractivity contribution in [3.63, 3.8) is 0 Å². The normalized spacial score (nSPS) is 17.4. The summed E-state index contributed by atoms with van der Waals surface area (Å²) in [6.45, 7) is 11.0. The number of carbonyl (C=O) groups excluding carboxylic acids is 2.